The fourth-order valence-corrected chi connectivity index (χ4v) is 3.04. The second kappa shape index (κ2) is 7.06. The molecule has 2 rings (SSSR count). The SMILES string of the molecule is OC(CN1CCNCC1)CN1CCCC(C(F)(F)F)C1. The first kappa shape index (κ1) is 16.0. The Kier molecular flexibility index (Phi) is 5.65. The lowest BCUT2D eigenvalue weighted by Crippen LogP contribution is -2.50. The number of alkyl halides is 3. The number of β-amino-alcohol motifs (C(OH)–C–C–N with tert-alkyl or cyclic N) is 1. The lowest BCUT2D eigenvalue weighted by atomic mass is 9.97. The number of nitrogens with one attached hydrogen (secondary N) is 1. The molecule has 118 valence electrons. The number of halogens is 3. The second-order valence-corrected chi connectivity index (χ2v) is 5.84. The molecule has 0 aromatic carbocycles. The molecule has 0 spiro atoms. The molecule has 0 saturated carbocycles. The van der Waals surface area contributed by atoms with Crippen molar-refractivity contribution in [2.45, 2.75) is 25.1 Å². The summed E-state index contributed by atoms with van der Waals surface area (Å²) < 4.78 is 38.2. The largest absolute Gasteiger partial charge is 0.393 e. The highest BCUT2D eigenvalue weighted by atomic mass is 19.4. The summed E-state index contributed by atoms with van der Waals surface area (Å²) in [6.45, 7) is 5.18. The molecule has 0 amide bonds. The van der Waals surface area contributed by atoms with Crippen molar-refractivity contribution >= 4 is 0 Å². The number of nitrogens with zero attached hydrogens (tertiary/aromatic N) is 2. The van der Waals surface area contributed by atoms with Crippen LogP contribution >= 0.6 is 0 Å². The number of aliphatic hydroxyl groups excluding tert-OH is 1. The minimum Gasteiger partial charge on any atom is -0.390 e. The van der Waals surface area contributed by atoms with Gasteiger partial charge in [0.05, 0.1) is 12.0 Å². The van der Waals surface area contributed by atoms with Crippen molar-refractivity contribution in [1.29, 1.82) is 0 Å². The van der Waals surface area contributed by atoms with Gasteiger partial charge in [0.2, 0.25) is 0 Å². The van der Waals surface area contributed by atoms with E-state index in [4.69, 9.17) is 0 Å². The minimum atomic E-state index is -4.11. The molecule has 0 aromatic heterocycles. The monoisotopic (exact) mass is 295 g/mol. The zero-order chi connectivity index (χ0) is 14.6. The van der Waals surface area contributed by atoms with E-state index in [1.807, 2.05) is 0 Å². The van der Waals surface area contributed by atoms with Crippen LogP contribution in [0.15, 0.2) is 0 Å². The highest BCUT2D eigenvalue weighted by Gasteiger charge is 2.41. The molecule has 2 heterocycles. The molecule has 0 aliphatic carbocycles. The highest BCUT2D eigenvalue weighted by Crippen LogP contribution is 2.33. The summed E-state index contributed by atoms with van der Waals surface area (Å²) in [5.41, 5.74) is 0. The van der Waals surface area contributed by atoms with Crippen LogP contribution in [0.2, 0.25) is 0 Å². The Bertz CT molecular complexity index is 295. The third kappa shape index (κ3) is 4.87. The van der Waals surface area contributed by atoms with Gasteiger partial charge in [-0.2, -0.15) is 13.2 Å². The maximum atomic E-state index is 12.7. The second-order valence-electron chi connectivity index (χ2n) is 5.84. The van der Waals surface area contributed by atoms with Gasteiger partial charge < -0.3 is 15.3 Å². The Morgan fingerprint density at radius 3 is 2.40 bits per heavy atom. The van der Waals surface area contributed by atoms with Gasteiger partial charge >= 0.3 is 6.18 Å². The van der Waals surface area contributed by atoms with Crippen molar-refractivity contribution in [2.75, 3.05) is 52.4 Å². The van der Waals surface area contributed by atoms with Gasteiger partial charge in [-0.3, -0.25) is 4.90 Å². The van der Waals surface area contributed by atoms with Crippen molar-refractivity contribution in [2.24, 2.45) is 5.92 Å². The van der Waals surface area contributed by atoms with Crippen molar-refractivity contribution in [3.63, 3.8) is 0 Å². The molecule has 2 saturated heterocycles. The Morgan fingerprint density at radius 2 is 1.75 bits per heavy atom. The van der Waals surface area contributed by atoms with E-state index in [9.17, 15) is 18.3 Å². The Hall–Kier alpha value is -0.370. The van der Waals surface area contributed by atoms with Crippen molar-refractivity contribution in [3.8, 4) is 0 Å². The Morgan fingerprint density at radius 1 is 1.10 bits per heavy atom. The molecule has 0 radical (unpaired) electrons. The number of piperazine rings is 1. The minimum absolute atomic E-state index is 0.0299. The molecule has 0 bridgehead atoms. The topological polar surface area (TPSA) is 38.7 Å². The molecule has 2 N–H and O–H groups in total. The van der Waals surface area contributed by atoms with Gasteiger partial charge in [-0.15, -0.1) is 0 Å². The van der Waals surface area contributed by atoms with E-state index < -0.39 is 18.2 Å². The zero-order valence-electron chi connectivity index (χ0n) is 11.7. The smallest absolute Gasteiger partial charge is 0.390 e. The molecule has 2 aliphatic rings. The van der Waals surface area contributed by atoms with Gasteiger partial charge in [0.1, 0.15) is 0 Å². The predicted molar refractivity (Wildman–Crippen MR) is 70.5 cm³/mol. The number of likely N-dealkylation sites (tertiary alicyclic amines) is 1. The normalized spacial score (nSPS) is 28.5. The van der Waals surface area contributed by atoms with Crippen molar-refractivity contribution < 1.29 is 18.3 Å². The van der Waals surface area contributed by atoms with Crippen LogP contribution in [-0.2, 0) is 0 Å². The summed E-state index contributed by atoms with van der Waals surface area (Å²) in [4.78, 5) is 3.92. The molecule has 2 atom stereocenters. The van der Waals surface area contributed by atoms with Crippen LogP contribution in [-0.4, -0.2) is 79.5 Å². The summed E-state index contributed by atoms with van der Waals surface area (Å²) in [5, 5.41) is 13.3. The van der Waals surface area contributed by atoms with E-state index in [-0.39, 0.29) is 13.0 Å². The molecule has 2 unspecified atom stereocenters. The fraction of sp³-hybridized carbons (Fsp3) is 1.00. The summed E-state index contributed by atoms with van der Waals surface area (Å²) >= 11 is 0. The van der Waals surface area contributed by atoms with Crippen molar-refractivity contribution in [3.05, 3.63) is 0 Å². The van der Waals surface area contributed by atoms with E-state index in [0.29, 0.717) is 26.1 Å². The number of rotatable bonds is 4. The third-order valence-electron chi connectivity index (χ3n) is 4.12. The highest BCUT2D eigenvalue weighted by molar-refractivity contribution is 4.80. The van der Waals surface area contributed by atoms with E-state index >= 15 is 0 Å². The quantitative estimate of drug-likeness (QED) is 0.793. The van der Waals surface area contributed by atoms with E-state index in [1.165, 1.54) is 0 Å². The maximum absolute atomic E-state index is 12.7. The first-order valence-electron chi connectivity index (χ1n) is 7.35. The van der Waals surface area contributed by atoms with Crippen LogP contribution in [0.25, 0.3) is 0 Å². The fourth-order valence-electron chi connectivity index (χ4n) is 3.04. The Balaban J connectivity index is 1.74. The first-order chi connectivity index (χ1) is 9.45. The van der Waals surface area contributed by atoms with Crippen molar-refractivity contribution in [1.82, 2.24) is 15.1 Å². The molecule has 0 aromatic rings. The molecular weight excluding hydrogens is 271 g/mol. The number of hydrogen-bond acceptors (Lipinski definition) is 4. The van der Waals surface area contributed by atoms with E-state index in [0.717, 1.165) is 26.2 Å². The van der Waals surface area contributed by atoms with Gasteiger partial charge in [0.25, 0.3) is 0 Å². The van der Waals surface area contributed by atoms with E-state index in [1.54, 1.807) is 4.90 Å². The van der Waals surface area contributed by atoms with E-state index in [2.05, 4.69) is 10.2 Å². The standard InChI is InChI=1S/C13H24F3N3O/c14-13(15,16)11-2-1-5-19(8-11)10-12(20)9-18-6-3-17-4-7-18/h11-12,17,20H,1-10H2. The van der Waals surface area contributed by atoms with Gasteiger partial charge in [-0.1, -0.05) is 0 Å². The number of piperidine rings is 1. The molecule has 7 heteroatoms. The molecule has 2 aliphatic heterocycles. The van der Waals surface area contributed by atoms with Crippen LogP contribution in [0.5, 0.6) is 0 Å². The third-order valence-corrected chi connectivity index (χ3v) is 4.12. The average Bonchev–Trinajstić information content (AvgIpc) is 2.39. The van der Waals surface area contributed by atoms with Crippen LogP contribution < -0.4 is 5.32 Å². The molecular formula is C13H24F3N3O. The lowest BCUT2D eigenvalue weighted by Gasteiger charge is -2.36. The first-order valence-corrected chi connectivity index (χ1v) is 7.35. The summed E-state index contributed by atoms with van der Waals surface area (Å²) in [5.74, 6) is -1.23. The number of hydrogen-bond donors (Lipinski definition) is 2. The number of aliphatic hydroxyl groups is 1. The summed E-state index contributed by atoms with van der Waals surface area (Å²) in [6, 6.07) is 0. The van der Waals surface area contributed by atoms with Gasteiger partial charge in [0, 0.05) is 45.8 Å². The van der Waals surface area contributed by atoms with Crippen LogP contribution in [0.3, 0.4) is 0 Å². The molecule has 2 fully saturated rings. The lowest BCUT2D eigenvalue weighted by molar-refractivity contribution is -0.187. The summed E-state index contributed by atoms with van der Waals surface area (Å²) in [6.07, 6.45) is -3.90. The molecule has 20 heavy (non-hydrogen) atoms. The van der Waals surface area contributed by atoms with Gasteiger partial charge in [0.15, 0.2) is 0 Å². The van der Waals surface area contributed by atoms with Gasteiger partial charge in [-0.25, -0.2) is 0 Å². The predicted octanol–water partition coefficient (Wildman–Crippen LogP) is 0.527. The zero-order valence-corrected chi connectivity index (χ0v) is 11.7. The molecule has 4 nitrogen and oxygen atoms in total. The average molecular weight is 295 g/mol. The Labute approximate surface area is 117 Å². The van der Waals surface area contributed by atoms with Crippen LogP contribution in [0.4, 0.5) is 13.2 Å². The summed E-state index contributed by atoms with van der Waals surface area (Å²) in [7, 11) is 0. The van der Waals surface area contributed by atoms with Gasteiger partial charge in [-0.05, 0) is 19.4 Å². The van der Waals surface area contributed by atoms with Crippen LogP contribution in [0.1, 0.15) is 12.8 Å². The van der Waals surface area contributed by atoms with Crippen LogP contribution in [0, 0.1) is 5.92 Å². The maximum Gasteiger partial charge on any atom is 0.393 e.